The molecule has 0 aliphatic heterocycles. The van der Waals surface area contributed by atoms with Gasteiger partial charge in [-0.2, -0.15) is 5.10 Å². The summed E-state index contributed by atoms with van der Waals surface area (Å²) in [6, 6.07) is 0.465. The maximum absolute atomic E-state index is 10.5. The second-order valence-electron chi connectivity index (χ2n) is 3.56. The number of hydrogen-bond acceptors (Lipinski definition) is 2. The minimum absolute atomic E-state index is 0.0350. The van der Waals surface area contributed by atoms with E-state index in [-0.39, 0.29) is 6.42 Å². The molecule has 0 amide bonds. The second-order valence-corrected chi connectivity index (χ2v) is 4.31. The Labute approximate surface area is 90.0 Å². The van der Waals surface area contributed by atoms with Crippen LogP contribution in [0.5, 0.6) is 0 Å². The lowest BCUT2D eigenvalue weighted by Crippen LogP contribution is -2.18. The summed E-state index contributed by atoms with van der Waals surface area (Å²) < 4.78 is 2.71. The van der Waals surface area contributed by atoms with E-state index in [1.807, 2.05) is 4.68 Å². The van der Waals surface area contributed by atoms with Gasteiger partial charge in [0, 0.05) is 5.56 Å². The Balaban J connectivity index is 2.18. The predicted molar refractivity (Wildman–Crippen MR) is 54.2 cm³/mol. The summed E-state index contributed by atoms with van der Waals surface area (Å²) in [7, 11) is 0. The molecular weight excluding hydrogens is 248 g/mol. The molecular formula is C9H11BrN2O2. The lowest BCUT2D eigenvalue weighted by molar-refractivity contribution is -0.136. The van der Waals surface area contributed by atoms with Crippen molar-refractivity contribution in [3.8, 4) is 0 Å². The van der Waals surface area contributed by atoms with E-state index in [4.69, 9.17) is 5.11 Å². The first kappa shape index (κ1) is 9.71. The van der Waals surface area contributed by atoms with E-state index in [1.54, 1.807) is 6.20 Å². The van der Waals surface area contributed by atoms with Crippen LogP contribution in [0.3, 0.4) is 0 Å². The van der Waals surface area contributed by atoms with Crippen molar-refractivity contribution in [2.24, 2.45) is 0 Å². The van der Waals surface area contributed by atoms with Crippen LogP contribution in [0.1, 0.15) is 30.9 Å². The molecule has 1 aliphatic carbocycles. The van der Waals surface area contributed by atoms with Crippen LogP contribution < -0.4 is 0 Å². The molecule has 1 aliphatic rings. The molecule has 76 valence electrons. The van der Waals surface area contributed by atoms with Crippen LogP contribution in [-0.4, -0.2) is 20.9 Å². The van der Waals surface area contributed by atoms with Gasteiger partial charge in [0.05, 0.1) is 18.7 Å². The number of aliphatic carboxylic acids is 1. The van der Waals surface area contributed by atoms with Gasteiger partial charge >= 0.3 is 5.97 Å². The Bertz CT molecular complexity index is 358. The Morgan fingerprint density at radius 1 is 1.71 bits per heavy atom. The number of carboxylic acid groups (broad SMARTS) is 1. The van der Waals surface area contributed by atoms with Gasteiger partial charge in [0.15, 0.2) is 0 Å². The summed E-state index contributed by atoms with van der Waals surface area (Å²) in [6.45, 7) is 0. The first-order valence-electron chi connectivity index (χ1n) is 4.62. The van der Waals surface area contributed by atoms with Gasteiger partial charge in [-0.1, -0.05) is 0 Å². The summed E-state index contributed by atoms with van der Waals surface area (Å²) >= 11 is 3.39. The van der Waals surface area contributed by atoms with Crippen LogP contribution in [0.25, 0.3) is 0 Å². The van der Waals surface area contributed by atoms with Crippen LogP contribution in [0, 0.1) is 0 Å². The molecule has 0 atom stereocenters. The normalized spacial score (nSPS) is 16.6. The van der Waals surface area contributed by atoms with E-state index < -0.39 is 5.97 Å². The van der Waals surface area contributed by atoms with E-state index in [9.17, 15) is 4.79 Å². The molecule has 4 nitrogen and oxygen atoms in total. The van der Waals surface area contributed by atoms with Crippen molar-refractivity contribution in [1.82, 2.24) is 9.78 Å². The average Bonchev–Trinajstić information content (AvgIpc) is 2.32. The summed E-state index contributed by atoms with van der Waals surface area (Å²) in [4.78, 5) is 10.5. The third-order valence-corrected chi connectivity index (χ3v) is 3.44. The van der Waals surface area contributed by atoms with Crippen molar-refractivity contribution in [2.75, 3.05) is 0 Å². The first-order chi connectivity index (χ1) is 6.68. The summed E-state index contributed by atoms with van der Waals surface area (Å²) in [6.07, 6.45) is 5.20. The van der Waals surface area contributed by atoms with Crippen molar-refractivity contribution >= 4 is 21.9 Å². The number of rotatable bonds is 3. The third-order valence-electron chi connectivity index (χ3n) is 2.57. The van der Waals surface area contributed by atoms with Gasteiger partial charge in [-0.3, -0.25) is 9.48 Å². The van der Waals surface area contributed by atoms with E-state index in [2.05, 4.69) is 21.0 Å². The van der Waals surface area contributed by atoms with Gasteiger partial charge in [0.2, 0.25) is 0 Å². The van der Waals surface area contributed by atoms with Crippen molar-refractivity contribution in [2.45, 2.75) is 31.7 Å². The fraction of sp³-hybridized carbons (Fsp3) is 0.556. The molecule has 0 radical (unpaired) electrons. The molecule has 0 bridgehead atoms. The fourth-order valence-electron chi connectivity index (χ4n) is 1.55. The number of aromatic nitrogens is 2. The van der Waals surface area contributed by atoms with Gasteiger partial charge in [0.1, 0.15) is 4.60 Å². The van der Waals surface area contributed by atoms with Crippen LogP contribution in [0.2, 0.25) is 0 Å². The standard InChI is InChI=1S/C9H11BrN2O2/c10-9-6(4-8(13)14)5-11-12(9)7-2-1-3-7/h5,7H,1-4H2,(H,13,14). The topological polar surface area (TPSA) is 55.1 Å². The molecule has 0 aromatic carbocycles. The number of carbonyl (C=O) groups is 1. The summed E-state index contributed by atoms with van der Waals surface area (Å²) in [5, 5.41) is 12.8. The molecule has 2 rings (SSSR count). The molecule has 0 unspecified atom stereocenters. The highest BCUT2D eigenvalue weighted by Gasteiger charge is 2.23. The third kappa shape index (κ3) is 1.68. The largest absolute Gasteiger partial charge is 0.481 e. The predicted octanol–water partition coefficient (Wildman–Crippen LogP) is 2.00. The minimum Gasteiger partial charge on any atom is -0.481 e. The highest BCUT2D eigenvalue weighted by Crippen LogP contribution is 2.34. The van der Waals surface area contributed by atoms with Crippen LogP contribution >= 0.6 is 15.9 Å². The fourth-order valence-corrected chi connectivity index (χ4v) is 2.17. The van der Waals surface area contributed by atoms with Crippen LogP contribution in [-0.2, 0) is 11.2 Å². The van der Waals surface area contributed by atoms with Crippen molar-refractivity contribution in [3.05, 3.63) is 16.4 Å². The smallest absolute Gasteiger partial charge is 0.307 e. The number of nitrogens with zero attached hydrogens (tertiary/aromatic N) is 2. The van der Waals surface area contributed by atoms with Gasteiger partial charge in [-0.15, -0.1) is 0 Å². The average molecular weight is 259 g/mol. The van der Waals surface area contributed by atoms with E-state index in [0.717, 1.165) is 23.0 Å². The molecule has 1 N–H and O–H groups in total. The number of halogens is 1. The van der Waals surface area contributed by atoms with Crippen molar-refractivity contribution in [1.29, 1.82) is 0 Å². The number of hydrogen-bond donors (Lipinski definition) is 1. The zero-order chi connectivity index (χ0) is 10.1. The maximum atomic E-state index is 10.5. The Morgan fingerprint density at radius 2 is 2.43 bits per heavy atom. The van der Waals surface area contributed by atoms with Crippen molar-refractivity contribution in [3.63, 3.8) is 0 Å². The summed E-state index contributed by atoms with van der Waals surface area (Å²) in [5.74, 6) is -0.821. The van der Waals surface area contributed by atoms with Crippen LogP contribution in [0.4, 0.5) is 0 Å². The minimum atomic E-state index is -0.821. The number of carboxylic acids is 1. The second kappa shape index (κ2) is 3.73. The highest BCUT2D eigenvalue weighted by atomic mass is 79.9. The van der Waals surface area contributed by atoms with Gasteiger partial charge in [-0.05, 0) is 35.2 Å². The Kier molecular flexibility index (Phi) is 2.58. The molecule has 0 spiro atoms. The molecule has 1 aromatic heterocycles. The van der Waals surface area contributed by atoms with Gasteiger partial charge in [0.25, 0.3) is 0 Å². The quantitative estimate of drug-likeness (QED) is 0.903. The zero-order valence-corrected chi connectivity index (χ0v) is 9.20. The lowest BCUT2D eigenvalue weighted by Gasteiger charge is -2.26. The Hall–Kier alpha value is -0.840. The SMILES string of the molecule is O=C(O)Cc1cnn(C2CCC2)c1Br. The van der Waals surface area contributed by atoms with E-state index >= 15 is 0 Å². The first-order valence-corrected chi connectivity index (χ1v) is 5.41. The van der Waals surface area contributed by atoms with Gasteiger partial charge < -0.3 is 5.11 Å². The molecule has 1 saturated carbocycles. The van der Waals surface area contributed by atoms with Crippen molar-refractivity contribution < 1.29 is 9.90 Å². The molecule has 1 aromatic rings. The van der Waals surface area contributed by atoms with Crippen LogP contribution in [0.15, 0.2) is 10.8 Å². The molecule has 1 fully saturated rings. The molecule has 0 saturated heterocycles. The molecule has 1 heterocycles. The molecule has 5 heteroatoms. The highest BCUT2D eigenvalue weighted by molar-refractivity contribution is 9.10. The lowest BCUT2D eigenvalue weighted by atomic mass is 9.93. The monoisotopic (exact) mass is 258 g/mol. The Morgan fingerprint density at radius 3 is 2.93 bits per heavy atom. The molecule has 14 heavy (non-hydrogen) atoms. The maximum Gasteiger partial charge on any atom is 0.307 e. The summed E-state index contributed by atoms with van der Waals surface area (Å²) in [5.41, 5.74) is 0.754. The van der Waals surface area contributed by atoms with E-state index in [1.165, 1.54) is 6.42 Å². The zero-order valence-electron chi connectivity index (χ0n) is 7.61. The van der Waals surface area contributed by atoms with E-state index in [0.29, 0.717) is 6.04 Å². The van der Waals surface area contributed by atoms with Gasteiger partial charge in [-0.25, -0.2) is 0 Å².